The van der Waals surface area contributed by atoms with Gasteiger partial charge >= 0.3 is 0 Å². The summed E-state index contributed by atoms with van der Waals surface area (Å²) in [7, 11) is 1.78. The van der Waals surface area contributed by atoms with Crippen LogP contribution in [0.3, 0.4) is 0 Å². The highest BCUT2D eigenvalue weighted by Gasteiger charge is 2.20. The third-order valence-corrected chi connectivity index (χ3v) is 4.98. The van der Waals surface area contributed by atoms with E-state index in [1.54, 1.807) is 25.1 Å². The fraction of sp³-hybridized carbons (Fsp3) is 0.263. The van der Waals surface area contributed by atoms with Crippen LogP contribution < -0.4 is 5.56 Å². The molecule has 2 aromatic heterocycles. The Kier molecular flexibility index (Phi) is 5.37. The van der Waals surface area contributed by atoms with Gasteiger partial charge in [-0.15, -0.1) is 0 Å². The van der Waals surface area contributed by atoms with Crippen molar-refractivity contribution in [3.63, 3.8) is 0 Å². The zero-order valence-corrected chi connectivity index (χ0v) is 15.7. The minimum Gasteiger partial charge on any atom is -0.340 e. The maximum atomic E-state index is 12.7. The first-order valence-corrected chi connectivity index (χ1v) is 9.14. The molecule has 0 aliphatic rings. The summed E-state index contributed by atoms with van der Waals surface area (Å²) in [6.45, 7) is 4.06. The second kappa shape index (κ2) is 7.70. The number of fused-ring (bicyclic) bond motifs is 1. The standard InChI is InChI=1S/C19H20N4O2S/c1-12-10-17(24)22-19(21-12)26-13(2)18(25)23(3)11-14-6-4-8-16-15(14)7-5-9-20-16/h4-10,13H,11H2,1-3H3,(H,21,22,24)/t13-/m1/s1. The second-order valence-electron chi connectivity index (χ2n) is 6.13. The van der Waals surface area contributed by atoms with Crippen LogP contribution >= 0.6 is 11.8 Å². The van der Waals surface area contributed by atoms with E-state index < -0.39 is 0 Å². The van der Waals surface area contributed by atoms with E-state index in [1.807, 2.05) is 37.3 Å². The molecule has 1 atom stereocenters. The van der Waals surface area contributed by atoms with E-state index in [2.05, 4.69) is 15.0 Å². The Bertz CT molecular complexity index is 997. The maximum absolute atomic E-state index is 12.7. The van der Waals surface area contributed by atoms with Crippen molar-refractivity contribution in [2.75, 3.05) is 7.05 Å². The number of amides is 1. The average Bonchev–Trinajstić information content (AvgIpc) is 2.60. The first kappa shape index (κ1) is 18.1. The van der Waals surface area contributed by atoms with Crippen molar-refractivity contribution in [3.05, 3.63) is 64.2 Å². The molecule has 0 bridgehead atoms. The number of aromatic nitrogens is 3. The van der Waals surface area contributed by atoms with Gasteiger partial charge in [-0.25, -0.2) is 4.98 Å². The van der Waals surface area contributed by atoms with E-state index in [-0.39, 0.29) is 16.7 Å². The summed E-state index contributed by atoms with van der Waals surface area (Å²) in [5.74, 6) is -0.0277. The van der Waals surface area contributed by atoms with E-state index in [1.165, 1.54) is 17.8 Å². The van der Waals surface area contributed by atoms with Crippen LogP contribution in [0, 0.1) is 6.92 Å². The summed E-state index contributed by atoms with van der Waals surface area (Å²) in [6, 6.07) is 11.2. The van der Waals surface area contributed by atoms with E-state index in [9.17, 15) is 9.59 Å². The number of hydrogen-bond acceptors (Lipinski definition) is 5. The molecule has 0 aliphatic heterocycles. The third kappa shape index (κ3) is 4.11. The monoisotopic (exact) mass is 368 g/mol. The van der Waals surface area contributed by atoms with Crippen molar-refractivity contribution in [1.82, 2.24) is 19.9 Å². The van der Waals surface area contributed by atoms with E-state index in [4.69, 9.17) is 0 Å². The highest BCUT2D eigenvalue weighted by Crippen LogP contribution is 2.22. The highest BCUT2D eigenvalue weighted by atomic mass is 32.2. The molecule has 2 heterocycles. The van der Waals surface area contributed by atoms with Crippen LogP contribution in [-0.2, 0) is 11.3 Å². The Balaban J connectivity index is 1.73. The zero-order chi connectivity index (χ0) is 18.7. The molecule has 0 radical (unpaired) electrons. The van der Waals surface area contributed by atoms with E-state index >= 15 is 0 Å². The molecule has 3 rings (SSSR count). The summed E-state index contributed by atoms with van der Waals surface area (Å²) < 4.78 is 0. The number of aromatic amines is 1. The van der Waals surface area contributed by atoms with Crippen molar-refractivity contribution in [3.8, 4) is 0 Å². The zero-order valence-electron chi connectivity index (χ0n) is 14.9. The number of rotatable bonds is 5. The Labute approximate surface area is 155 Å². The van der Waals surface area contributed by atoms with Crippen molar-refractivity contribution in [2.45, 2.75) is 30.8 Å². The summed E-state index contributed by atoms with van der Waals surface area (Å²) in [5, 5.41) is 1.14. The summed E-state index contributed by atoms with van der Waals surface area (Å²) in [5.41, 5.74) is 2.38. The van der Waals surface area contributed by atoms with Crippen LogP contribution in [0.2, 0.25) is 0 Å². The Hall–Kier alpha value is -2.67. The van der Waals surface area contributed by atoms with Crippen LogP contribution in [-0.4, -0.2) is 38.1 Å². The number of H-pyrrole nitrogens is 1. The molecule has 1 aromatic carbocycles. The van der Waals surface area contributed by atoms with Crippen LogP contribution in [0.5, 0.6) is 0 Å². The molecule has 0 saturated carbocycles. The molecule has 0 fully saturated rings. The van der Waals surface area contributed by atoms with Gasteiger partial charge in [0.15, 0.2) is 5.16 Å². The molecule has 6 nitrogen and oxygen atoms in total. The molecule has 0 aliphatic carbocycles. The summed E-state index contributed by atoms with van der Waals surface area (Å²) >= 11 is 1.25. The number of hydrogen-bond donors (Lipinski definition) is 1. The minimum atomic E-state index is -0.363. The Morgan fingerprint density at radius 1 is 1.31 bits per heavy atom. The lowest BCUT2D eigenvalue weighted by atomic mass is 10.1. The van der Waals surface area contributed by atoms with Gasteiger partial charge in [-0.05, 0) is 31.5 Å². The SMILES string of the molecule is Cc1cc(=O)[nH]c(S[C@H](C)C(=O)N(C)Cc2cccc3ncccc23)n1. The quantitative estimate of drug-likeness (QED) is 0.553. The van der Waals surface area contributed by atoms with Gasteiger partial charge in [0, 0.05) is 36.9 Å². The molecule has 0 saturated heterocycles. The lowest BCUT2D eigenvalue weighted by molar-refractivity contribution is -0.129. The Morgan fingerprint density at radius 2 is 2.12 bits per heavy atom. The lowest BCUT2D eigenvalue weighted by Gasteiger charge is -2.21. The average molecular weight is 368 g/mol. The first-order valence-electron chi connectivity index (χ1n) is 8.26. The van der Waals surface area contributed by atoms with Gasteiger partial charge in [0.25, 0.3) is 5.56 Å². The first-order chi connectivity index (χ1) is 12.4. The van der Waals surface area contributed by atoms with Crippen molar-refractivity contribution >= 4 is 28.6 Å². The summed E-state index contributed by atoms with van der Waals surface area (Å²) in [4.78, 5) is 37.3. The van der Waals surface area contributed by atoms with Gasteiger partial charge < -0.3 is 9.88 Å². The number of aryl methyl sites for hydroxylation is 1. The number of pyridine rings is 1. The van der Waals surface area contributed by atoms with Crippen molar-refractivity contribution < 1.29 is 4.79 Å². The largest absolute Gasteiger partial charge is 0.340 e. The number of nitrogens with one attached hydrogen (secondary N) is 1. The normalized spacial score (nSPS) is 12.1. The highest BCUT2D eigenvalue weighted by molar-refractivity contribution is 8.00. The molecule has 26 heavy (non-hydrogen) atoms. The van der Waals surface area contributed by atoms with E-state index in [0.29, 0.717) is 17.4 Å². The van der Waals surface area contributed by atoms with Gasteiger partial charge in [0.2, 0.25) is 5.91 Å². The molecule has 0 unspecified atom stereocenters. The van der Waals surface area contributed by atoms with E-state index in [0.717, 1.165) is 16.5 Å². The van der Waals surface area contributed by atoms with Crippen LogP contribution in [0.4, 0.5) is 0 Å². The van der Waals surface area contributed by atoms with Gasteiger partial charge in [-0.1, -0.05) is 30.0 Å². The fourth-order valence-corrected chi connectivity index (χ4v) is 3.75. The van der Waals surface area contributed by atoms with Crippen molar-refractivity contribution in [1.29, 1.82) is 0 Å². The summed E-state index contributed by atoms with van der Waals surface area (Å²) in [6.07, 6.45) is 1.76. The molecular weight excluding hydrogens is 348 g/mol. The van der Waals surface area contributed by atoms with Gasteiger partial charge in [-0.3, -0.25) is 14.6 Å². The fourth-order valence-electron chi connectivity index (χ4n) is 2.77. The number of benzene rings is 1. The number of carbonyl (C=O) groups excluding carboxylic acids is 1. The lowest BCUT2D eigenvalue weighted by Crippen LogP contribution is -2.33. The van der Waals surface area contributed by atoms with Crippen molar-refractivity contribution in [2.24, 2.45) is 0 Å². The third-order valence-electron chi connectivity index (χ3n) is 4.00. The molecular formula is C19H20N4O2S. The predicted octanol–water partition coefficient (Wildman–Crippen LogP) is 2.77. The topological polar surface area (TPSA) is 79.0 Å². The van der Waals surface area contributed by atoms with Gasteiger partial charge in [0.1, 0.15) is 0 Å². The molecule has 1 N–H and O–H groups in total. The number of carbonyl (C=O) groups is 1. The molecule has 7 heteroatoms. The molecule has 3 aromatic rings. The second-order valence-corrected chi connectivity index (χ2v) is 7.46. The van der Waals surface area contributed by atoms with Gasteiger partial charge in [0.05, 0.1) is 10.8 Å². The predicted molar refractivity (Wildman–Crippen MR) is 103 cm³/mol. The maximum Gasteiger partial charge on any atom is 0.251 e. The minimum absolute atomic E-state index is 0.0277. The van der Waals surface area contributed by atoms with Crippen LogP contribution in [0.15, 0.2) is 52.5 Å². The molecule has 134 valence electrons. The Morgan fingerprint density at radius 3 is 2.88 bits per heavy atom. The molecule has 0 spiro atoms. The van der Waals surface area contributed by atoms with Crippen LogP contribution in [0.25, 0.3) is 10.9 Å². The smallest absolute Gasteiger partial charge is 0.251 e. The number of thioether (sulfide) groups is 1. The van der Waals surface area contributed by atoms with Crippen LogP contribution in [0.1, 0.15) is 18.2 Å². The number of nitrogens with zero attached hydrogens (tertiary/aromatic N) is 3. The molecule has 1 amide bonds. The van der Waals surface area contributed by atoms with Gasteiger partial charge in [-0.2, -0.15) is 0 Å².